The third-order valence-corrected chi connectivity index (χ3v) is 4.80. The van der Waals surface area contributed by atoms with E-state index in [2.05, 4.69) is 18.0 Å². The first-order valence-corrected chi connectivity index (χ1v) is 10.1. The molecule has 0 amide bonds. The average molecular weight is 395 g/mol. The second-order valence-electron chi connectivity index (χ2n) is 7.09. The van der Waals surface area contributed by atoms with Crippen molar-refractivity contribution in [3.8, 4) is 23.0 Å². The SMILES string of the molecule is CCOc1ccc(-c2nc(CCC(O)c3ccc(C)cc3C)co2)cc1OCC. The van der Waals surface area contributed by atoms with Crippen LogP contribution < -0.4 is 9.47 Å². The number of benzene rings is 2. The molecule has 154 valence electrons. The van der Waals surface area contributed by atoms with Gasteiger partial charge in [-0.15, -0.1) is 0 Å². The molecule has 0 saturated carbocycles. The van der Waals surface area contributed by atoms with Gasteiger partial charge in [-0.25, -0.2) is 4.98 Å². The van der Waals surface area contributed by atoms with Gasteiger partial charge >= 0.3 is 0 Å². The van der Waals surface area contributed by atoms with Crippen molar-refractivity contribution in [3.05, 3.63) is 65.0 Å². The van der Waals surface area contributed by atoms with Gasteiger partial charge in [-0.3, -0.25) is 0 Å². The molecule has 0 aliphatic rings. The lowest BCUT2D eigenvalue weighted by molar-refractivity contribution is 0.166. The predicted octanol–water partition coefficient (Wildman–Crippen LogP) is 5.42. The molecule has 1 atom stereocenters. The van der Waals surface area contributed by atoms with Crippen molar-refractivity contribution in [2.45, 2.75) is 46.6 Å². The Labute approximate surface area is 172 Å². The number of hydrogen-bond donors (Lipinski definition) is 1. The van der Waals surface area contributed by atoms with E-state index in [1.54, 1.807) is 6.26 Å². The molecule has 0 fully saturated rings. The summed E-state index contributed by atoms with van der Waals surface area (Å²) in [5.74, 6) is 1.92. The third-order valence-electron chi connectivity index (χ3n) is 4.80. The van der Waals surface area contributed by atoms with Crippen molar-refractivity contribution in [1.82, 2.24) is 4.98 Å². The largest absolute Gasteiger partial charge is 0.490 e. The highest BCUT2D eigenvalue weighted by Crippen LogP contribution is 2.33. The molecule has 3 rings (SSSR count). The maximum atomic E-state index is 10.6. The molecule has 29 heavy (non-hydrogen) atoms. The first kappa shape index (κ1) is 20.9. The first-order valence-electron chi connectivity index (χ1n) is 10.1. The molecule has 3 aromatic rings. The lowest BCUT2D eigenvalue weighted by atomic mass is 9.98. The summed E-state index contributed by atoms with van der Waals surface area (Å²) >= 11 is 0. The van der Waals surface area contributed by atoms with Crippen LogP contribution >= 0.6 is 0 Å². The molecule has 0 aliphatic heterocycles. The number of oxazole rings is 1. The minimum Gasteiger partial charge on any atom is -0.490 e. The summed E-state index contributed by atoms with van der Waals surface area (Å²) in [5.41, 5.74) is 4.92. The van der Waals surface area contributed by atoms with E-state index in [0.29, 0.717) is 43.4 Å². The number of aliphatic hydroxyl groups is 1. The zero-order chi connectivity index (χ0) is 20.8. The van der Waals surface area contributed by atoms with E-state index >= 15 is 0 Å². The van der Waals surface area contributed by atoms with Crippen molar-refractivity contribution in [2.75, 3.05) is 13.2 Å². The van der Waals surface area contributed by atoms with Gasteiger partial charge in [0.2, 0.25) is 5.89 Å². The lowest BCUT2D eigenvalue weighted by Gasteiger charge is -2.13. The minimum atomic E-state index is -0.522. The van der Waals surface area contributed by atoms with Gasteiger partial charge in [0.15, 0.2) is 11.5 Å². The average Bonchev–Trinajstić information content (AvgIpc) is 3.17. The highest BCUT2D eigenvalue weighted by atomic mass is 16.5. The van der Waals surface area contributed by atoms with Crippen molar-refractivity contribution < 1.29 is 19.0 Å². The molecule has 5 heteroatoms. The Morgan fingerprint density at radius 1 is 1.00 bits per heavy atom. The molecular formula is C24H29NO4. The van der Waals surface area contributed by atoms with Gasteiger partial charge in [-0.2, -0.15) is 0 Å². The maximum Gasteiger partial charge on any atom is 0.226 e. The summed E-state index contributed by atoms with van der Waals surface area (Å²) in [6, 6.07) is 11.8. The zero-order valence-corrected chi connectivity index (χ0v) is 17.6. The lowest BCUT2D eigenvalue weighted by Crippen LogP contribution is -2.02. The zero-order valence-electron chi connectivity index (χ0n) is 17.6. The first-order chi connectivity index (χ1) is 14.0. The van der Waals surface area contributed by atoms with Crippen LogP contribution in [0.25, 0.3) is 11.5 Å². The second-order valence-corrected chi connectivity index (χ2v) is 7.09. The van der Waals surface area contributed by atoms with E-state index in [1.165, 1.54) is 5.56 Å². The van der Waals surface area contributed by atoms with Gasteiger partial charge in [0.1, 0.15) is 6.26 Å². The Morgan fingerprint density at radius 2 is 1.76 bits per heavy atom. The van der Waals surface area contributed by atoms with Crippen molar-refractivity contribution in [1.29, 1.82) is 0 Å². The second kappa shape index (κ2) is 9.61. The highest BCUT2D eigenvalue weighted by molar-refractivity contribution is 5.60. The van der Waals surface area contributed by atoms with Gasteiger partial charge in [0.05, 0.1) is 25.0 Å². The number of aliphatic hydroxyl groups excluding tert-OH is 1. The van der Waals surface area contributed by atoms with E-state index in [-0.39, 0.29) is 0 Å². The van der Waals surface area contributed by atoms with E-state index < -0.39 is 6.10 Å². The highest BCUT2D eigenvalue weighted by Gasteiger charge is 2.14. The molecule has 2 aromatic carbocycles. The fourth-order valence-electron chi connectivity index (χ4n) is 3.38. The molecule has 0 saturated heterocycles. The van der Waals surface area contributed by atoms with Crippen LogP contribution in [0.4, 0.5) is 0 Å². The Balaban J connectivity index is 1.69. The summed E-state index contributed by atoms with van der Waals surface area (Å²) in [7, 11) is 0. The van der Waals surface area contributed by atoms with Crippen LogP contribution in [0, 0.1) is 13.8 Å². The van der Waals surface area contributed by atoms with Crippen LogP contribution in [0.3, 0.4) is 0 Å². The van der Waals surface area contributed by atoms with Gasteiger partial charge < -0.3 is 19.0 Å². The Hall–Kier alpha value is -2.79. The number of rotatable bonds is 9. The fraction of sp³-hybridized carbons (Fsp3) is 0.375. The van der Waals surface area contributed by atoms with Crippen molar-refractivity contribution in [3.63, 3.8) is 0 Å². The van der Waals surface area contributed by atoms with Crippen LogP contribution in [-0.4, -0.2) is 23.3 Å². The third kappa shape index (κ3) is 5.18. The van der Waals surface area contributed by atoms with Gasteiger partial charge in [-0.1, -0.05) is 23.8 Å². The van der Waals surface area contributed by atoms with Gasteiger partial charge in [0, 0.05) is 5.56 Å². The molecule has 0 radical (unpaired) electrons. The summed E-state index contributed by atoms with van der Waals surface area (Å²) in [6.07, 6.45) is 2.35. The molecule has 0 aliphatic carbocycles. The smallest absolute Gasteiger partial charge is 0.226 e. The normalized spacial score (nSPS) is 12.0. The molecule has 1 aromatic heterocycles. The Kier molecular flexibility index (Phi) is 6.94. The quantitative estimate of drug-likeness (QED) is 0.524. The summed E-state index contributed by atoms with van der Waals surface area (Å²) in [5, 5.41) is 10.6. The fourth-order valence-corrected chi connectivity index (χ4v) is 3.38. The minimum absolute atomic E-state index is 0.522. The van der Waals surface area contributed by atoms with Crippen LogP contribution in [0.5, 0.6) is 11.5 Å². The van der Waals surface area contributed by atoms with Crippen LogP contribution in [-0.2, 0) is 6.42 Å². The van der Waals surface area contributed by atoms with Crippen LogP contribution in [0.2, 0.25) is 0 Å². The number of nitrogens with zero attached hydrogens (tertiary/aromatic N) is 1. The standard InChI is InChI=1S/C24H29NO4/c1-5-27-22-12-8-18(14-23(22)28-6-2)24-25-19(15-29-24)9-11-21(26)20-10-7-16(3)13-17(20)4/h7-8,10,12-15,21,26H,5-6,9,11H2,1-4H3. The molecule has 1 N–H and O–H groups in total. The molecule has 1 heterocycles. The molecule has 0 bridgehead atoms. The molecular weight excluding hydrogens is 366 g/mol. The summed E-state index contributed by atoms with van der Waals surface area (Å²) in [4.78, 5) is 4.59. The predicted molar refractivity (Wildman–Crippen MR) is 113 cm³/mol. The summed E-state index contributed by atoms with van der Waals surface area (Å²) < 4.78 is 17.0. The number of aromatic nitrogens is 1. The Bertz CT molecular complexity index is 948. The van der Waals surface area contributed by atoms with Gasteiger partial charge in [0.25, 0.3) is 0 Å². The number of ether oxygens (including phenoxy) is 2. The van der Waals surface area contributed by atoms with E-state index in [9.17, 15) is 5.11 Å². The Morgan fingerprint density at radius 3 is 2.48 bits per heavy atom. The van der Waals surface area contributed by atoms with Crippen LogP contribution in [0.15, 0.2) is 47.1 Å². The van der Waals surface area contributed by atoms with E-state index in [4.69, 9.17) is 13.9 Å². The van der Waals surface area contributed by atoms with Crippen molar-refractivity contribution >= 4 is 0 Å². The van der Waals surface area contributed by atoms with E-state index in [1.807, 2.05) is 51.1 Å². The molecule has 0 spiro atoms. The van der Waals surface area contributed by atoms with E-state index in [0.717, 1.165) is 22.4 Å². The topological polar surface area (TPSA) is 64.7 Å². The molecule has 5 nitrogen and oxygen atoms in total. The number of hydrogen-bond acceptors (Lipinski definition) is 5. The van der Waals surface area contributed by atoms with Crippen molar-refractivity contribution in [2.24, 2.45) is 0 Å². The maximum absolute atomic E-state index is 10.6. The summed E-state index contributed by atoms with van der Waals surface area (Å²) in [6.45, 7) is 9.09. The van der Waals surface area contributed by atoms with Gasteiger partial charge in [-0.05, 0) is 69.9 Å². The monoisotopic (exact) mass is 395 g/mol. The van der Waals surface area contributed by atoms with Crippen LogP contribution in [0.1, 0.15) is 48.8 Å². The number of aryl methyl sites for hydroxylation is 3. The molecule has 1 unspecified atom stereocenters.